The Kier molecular flexibility index (Phi) is 7.48. The van der Waals surface area contributed by atoms with Crippen LogP contribution in [0.2, 0.25) is 0 Å². The smallest absolute Gasteiger partial charge is 0.219 e. The summed E-state index contributed by atoms with van der Waals surface area (Å²) in [6, 6.07) is 4.55. The molecule has 2 aromatic rings. The molecule has 1 aliphatic heterocycles. The van der Waals surface area contributed by atoms with Crippen molar-refractivity contribution in [1.29, 1.82) is 5.26 Å². The minimum absolute atomic E-state index is 0.0888. The Morgan fingerprint density at radius 1 is 1.21 bits per heavy atom. The number of carbonyl (C=O) groups excluding carboxylic acids is 1. The van der Waals surface area contributed by atoms with E-state index in [1.54, 1.807) is 34.9 Å². The molecule has 0 bridgehead atoms. The molecule has 2 aromatic heterocycles. The topological polar surface area (TPSA) is 95.9 Å². The molecule has 0 fully saturated rings. The molecular weight excluding hydrogens is 503 g/mol. The number of ketones is 1. The predicted molar refractivity (Wildman–Crippen MR) is 143 cm³/mol. The van der Waals surface area contributed by atoms with Gasteiger partial charge in [0, 0.05) is 22.6 Å². The monoisotopic (exact) mass is 531 g/mol. The van der Waals surface area contributed by atoms with Crippen molar-refractivity contribution in [3.63, 3.8) is 0 Å². The van der Waals surface area contributed by atoms with Crippen molar-refractivity contribution in [2.75, 3.05) is 16.4 Å². The summed E-state index contributed by atoms with van der Waals surface area (Å²) in [5.74, 6) is 1.82. The molecule has 0 radical (unpaired) electrons. The third kappa shape index (κ3) is 4.55. The summed E-state index contributed by atoms with van der Waals surface area (Å²) in [5.41, 5.74) is 9.56. The van der Waals surface area contributed by atoms with Crippen LogP contribution in [0.4, 0.5) is 5.13 Å². The average molecular weight is 532 g/mol. The van der Waals surface area contributed by atoms with Gasteiger partial charge in [-0.1, -0.05) is 57.7 Å². The quantitative estimate of drug-likeness (QED) is 0.414. The normalized spacial score (nSPS) is 20.1. The van der Waals surface area contributed by atoms with Crippen LogP contribution in [0.3, 0.4) is 0 Å². The number of allylic oxidation sites excluding steroid dienone is 3. The first-order chi connectivity index (χ1) is 16.2. The van der Waals surface area contributed by atoms with Crippen molar-refractivity contribution >= 4 is 57.1 Å². The summed E-state index contributed by atoms with van der Waals surface area (Å²) < 4.78 is 2.02. The highest BCUT2D eigenvalue weighted by Crippen LogP contribution is 2.53. The van der Waals surface area contributed by atoms with Crippen molar-refractivity contribution in [2.45, 2.75) is 68.3 Å². The first kappa shape index (κ1) is 25.3. The fourth-order valence-electron chi connectivity index (χ4n) is 4.57. The van der Waals surface area contributed by atoms with Crippen LogP contribution in [0.1, 0.15) is 63.8 Å². The first-order valence-corrected chi connectivity index (χ1v) is 15.0. The van der Waals surface area contributed by atoms with Gasteiger partial charge in [-0.25, -0.2) is 0 Å². The summed E-state index contributed by atoms with van der Waals surface area (Å²) in [7, 11) is 0. The number of hydrogen-bond acceptors (Lipinski definition) is 10. The Bertz CT molecular complexity index is 1220. The van der Waals surface area contributed by atoms with Gasteiger partial charge in [0.25, 0.3) is 0 Å². The van der Waals surface area contributed by atoms with Gasteiger partial charge in [-0.05, 0) is 41.4 Å². The third-order valence-electron chi connectivity index (χ3n) is 5.95. The van der Waals surface area contributed by atoms with Gasteiger partial charge in [-0.15, -0.1) is 33.3 Å². The van der Waals surface area contributed by atoms with Gasteiger partial charge < -0.3 is 5.73 Å². The lowest BCUT2D eigenvalue weighted by Crippen LogP contribution is -2.42. The van der Waals surface area contributed by atoms with E-state index in [9.17, 15) is 10.1 Å². The van der Waals surface area contributed by atoms with E-state index in [-0.39, 0.29) is 11.2 Å². The Hall–Kier alpha value is -1.80. The van der Waals surface area contributed by atoms with E-state index in [0.717, 1.165) is 33.5 Å². The molecule has 6 nitrogen and oxygen atoms in total. The first-order valence-electron chi connectivity index (χ1n) is 11.4. The molecule has 10 heteroatoms. The molecule has 0 aromatic carbocycles. The lowest BCUT2D eigenvalue weighted by Gasteiger charge is -2.42. The number of nitrogens with zero attached hydrogens (tertiary/aromatic N) is 4. The van der Waals surface area contributed by atoms with E-state index in [1.165, 1.54) is 20.4 Å². The maximum atomic E-state index is 13.7. The van der Waals surface area contributed by atoms with E-state index in [0.29, 0.717) is 34.9 Å². The SMILES string of the molecule is CCSc1nnc(N2C(N)=C(C#N)C(c3cc(CC)sc3SCC)C3=C2CC(C)(C)CC3=O)s1. The Morgan fingerprint density at radius 2 is 1.94 bits per heavy atom. The summed E-state index contributed by atoms with van der Waals surface area (Å²) in [6.07, 6.45) is 2.04. The number of hydrogen-bond donors (Lipinski definition) is 1. The minimum Gasteiger partial charge on any atom is -0.384 e. The van der Waals surface area contributed by atoms with Crippen LogP contribution in [0.25, 0.3) is 0 Å². The standard InChI is InChI=1S/C24H29N5OS4/c1-6-13-9-14(21(33-13)31-7-2)18-15(12-25)20(26)29(22-27-28-23(34-22)32-8-3)16-10-24(4,5)11-17(30)19(16)18/h9,18H,6-8,10-11,26H2,1-5H3. The number of aryl methyl sites for hydroxylation is 1. The molecule has 180 valence electrons. The van der Waals surface area contributed by atoms with E-state index < -0.39 is 5.92 Å². The molecule has 3 heterocycles. The molecule has 1 unspecified atom stereocenters. The van der Waals surface area contributed by atoms with Gasteiger partial charge in [0.2, 0.25) is 5.13 Å². The van der Waals surface area contributed by atoms with Crippen LogP contribution in [0.5, 0.6) is 0 Å². The second-order valence-corrected chi connectivity index (χ2v) is 14.1. The number of Topliss-reactive ketones (excluding diaryl/α,β-unsaturated/α-hetero) is 1. The number of thiophene rings is 1. The zero-order valence-corrected chi connectivity index (χ0v) is 23.4. The summed E-state index contributed by atoms with van der Waals surface area (Å²) in [5, 5.41) is 19.6. The molecule has 2 aliphatic rings. The number of thioether (sulfide) groups is 2. The zero-order chi connectivity index (χ0) is 24.6. The highest BCUT2D eigenvalue weighted by molar-refractivity contribution is 8.01. The average Bonchev–Trinajstić information content (AvgIpc) is 3.39. The van der Waals surface area contributed by atoms with Crippen molar-refractivity contribution in [2.24, 2.45) is 11.1 Å². The van der Waals surface area contributed by atoms with Crippen LogP contribution < -0.4 is 10.6 Å². The molecule has 1 atom stereocenters. The fourth-order valence-corrected chi connectivity index (χ4v) is 8.73. The van der Waals surface area contributed by atoms with Crippen LogP contribution in [-0.4, -0.2) is 27.5 Å². The van der Waals surface area contributed by atoms with E-state index in [1.807, 2.05) is 4.90 Å². The van der Waals surface area contributed by atoms with Gasteiger partial charge in [0.1, 0.15) is 5.82 Å². The van der Waals surface area contributed by atoms with E-state index in [2.05, 4.69) is 57.0 Å². The van der Waals surface area contributed by atoms with Crippen molar-refractivity contribution in [3.05, 3.63) is 39.2 Å². The van der Waals surface area contributed by atoms with Gasteiger partial charge in [-0.2, -0.15) is 5.26 Å². The van der Waals surface area contributed by atoms with Crippen molar-refractivity contribution in [1.82, 2.24) is 10.2 Å². The largest absolute Gasteiger partial charge is 0.384 e. The maximum Gasteiger partial charge on any atom is 0.219 e. The molecule has 1 aliphatic carbocycles. The molecule has 4 rings (SSSR count). The zero-order valence-electron chi connectivity index (χ0n) is 20.1. The minimum atomic E-state index is -0.442. The number of nitrogens with two attached hydrogens (primary N) is 1. The van der Waals surface area contributed by atoms with E-state index >= 15 is 0 Å². The number of nitriles is 1. The number of aromatic nitrogens is 2. The molecule has 0 spiro atoms. The predicted octanol–water partition coefficient (Wildman–Crippen LogP) is 6.33. The summed E-state index contributed by atoms with van der Waals surface area (Å²) in [6.45, 7) is 10.5. The number of rotatable bonds is 7. The van der Waals surface area contributed by atoms with Crippen molar-refractivity contribution < 1.29 is 4.79 Å². The van der Waals surface area contributed by atoms with Crippen LogP contribution in [-0.2, 0) is 11.2 Å². The lowest BCUT2D eigenvalue weighted by atomic mass is 9.69. The number of anilines is 1. The fraction of sp³-hybridized carbons (Fsp3) is 0.500. The van der Waals surface area contributed by atoms with Gasteiger partial charge in [0.15, 0.2) is 10.1 Å². The molecule has 2 N–H and O–H groups in total. The van der Waals surface area contributed by atoms with Gasteiger partial charge in [-0.3, -0.25) is 9.69 Å². The molecular formula is C24H29N5OS4. The Morgan fingerprint density at radius 3 is 2.59 bits per heavy atom. The third-order valence-corrected chi connectivity index (χ3v) is 10.4. The highest BCUT2D eigenvalue weighted by Gasteiger charge is 2.46. The molecule has 0 saturated carbocycles. The summed E-state index contributed by atoms with van der Waals surface area (Å²) >= 11 is 6.59. The van der Waals surface area contributed by atoms with E-state index in [4.69, 9.17) is 5.73 Å². The second kappa shape index (κ2) is 10.1. The van der Waals surface area contributed by atoms with Gasteiger partial charge in [0.05, 0.1) is 21.8 Å². The molecule has 34 heavy (non-hydrogen) atoms. The van der Waals surface area contributed by atoms with Gasteiger partial charge >= 0.3 is 0 Å². The molecule has 0 saturated heterocycles. The Labute approximate surface area is 217 Å². The second-order valence-electron chi connectivity index (χ2n) is 9.01. The highest BCUT2D eigenvalue weighted by atomic mass is 32.2. The number of carbonyl (C=O) groups is 1. The van der Waals surface area contributed by atoms with Crippen molar-refractivity contribution in [3.8, 4) is 6.07 Å². The maximum absolute atomic E-state index is 13.7. The lowest BCUT2D eigenvalue weighted by molar-refractivity contribution is -0.118. The van der Waals surface area contributed by atoms with Crippen LogP contribution >= 0.6 is 46.2 Å². The van der Waals surface area contributed by atoms with Crippen LogP contribution in [0, 0.1) is 16.7 Å². The summed E-state index contributed by atoms with van der Waals surface area (Å²) in [4.78, 5) is 16.8. The Balaban J connectivity index is 1.96. The molecule has 0 amide bonds. The van der Waals surface area contributed by atoms with Crippen LogP contribution in [0.15, 0.2) is 37.3 Å².